The number of nitrogens with two attached hydrogens (primary N) is 1. The SMILES string of the molecule is CN(C)CCC(NC(=O)Nc1ccsc1)c1ccc(C(=O)Nc2ccccc2N)nc1. The number of nitrogens with zero attached hydrogens (tertiary/aromatic N) is 2. The summed E-state index contributed by atoms with van der Waals surface area (Å²) in [6.07, 6.45) is 2.31. The quantitative estimate of drug-likeness (QED) is 0.400. The van der Waals surface area contributed by atoms with E-state index in [4.69, 9.17) is 5.73 Å². The van der Waals surface area contributed by atoms with Crippen LogP contribution in [0.1, 0.15) is 28.5 Å². The summed E-state index contributed by atoms with van der Waals surface area (Å²) < 4.78 is 0. The summed E-state index contributed by atoms with van der Waals surface area (Å²) in [6, 6.07) is 11.8. The Morgan fingerprint density at radius 1 is 1.13 bits per heavy atom. The van der Waals surface area contributed by atoms with Crippen LogP contribution >= 0.6 is 11.3 Å². The summed E-state index contributed by atoms with van der Waals surface area (Å²) in [7, 11) is 3.95. The van der Waals surface area contributed by atoms with Gasteiger partial charge >= 0.3 is 6.03 Å². The molecule has 0 aliphatic carbocycles. The summed E-state index contributed by atoms with van der Waals surface area (Å²) in [5, 5.41) is 12.3. The van der Waals surface area contributed by atoms with E-state index in [9.17, 15) is 9.59 Å². The first-order valence-electron chi connectivity index (χ1n) is 9.78. The molecule has 0 aliphatic heterocycles. The van der Waals surface area contributed by atoms with Crippen LogP contribution in [0.2, 0.25) is 0 Å². The molecule has 2 heterocycles. The monoisotopic (exact) mass is 438 g/mol. The number of benzene rings is 1. The predicted octanol–water partition coefficient (Wildman–Crippen LogP) is 3.79. The first kappa shape index (κ1) is 22.3. The van der Waals surface area contributed by atoms with E-state index in [0.717, 1.165) is 17.8 Å². The number of rotatable bonds is 8. The number of hydrogen-bond acceptors (Lipinski definition) is 6. The van der Waals surface area contributed by atoms with Crippen LogP contribution in [0.4, 0.5) is 21.9 Å². The number of nitrogens with one attached hydrogen (secondary N) is 3. The molecule has 0 aliphatic rings. The van der Waals surface area contributed by atoms with Gasteiger partial charge in [-0.3, -0.25) is 9.78 Å². The lowest BCUT2D eigenvalue weighted by Gasteiger charge is -2.21. The van der Waals surface area contributed by atoms with Gasteiger partial charge in [-0.05, 0) is 62.3 Å². The van der Waals surface area contributed by atoms with Crippen LogP contribution in [0, 0.1) is 0 Å². The summed E-state index contributed by atoms with van der Waals surface area (Å²) in [5.41, 5.74) is 8.73. The Hall–Kier alpha value is -3.43. The van der Waals surface area contributed by atoms with Crippen LogP contribution in [0.5, 0.6) is 0 Å². The van der Waals surface area contributed by atoms with E-state index in [2.05, 4.69) is 20.9 Å². The number of aromatic nitrogens is 1. The van der Waals surface area contributed by atoms with E-state index in [1.165, 1.54) is 11.3 Å². The minimum absolute atomic E-state index is 0.254. The molecule has 3 aromatic rings. The summed E-state index contributed by atoms with van der Waals surface area (Å²) in [4.78, 5) is 31.3. The molecule has 3 amide bonds. The molecule has 1 aromatic carbocycles. The van der Waals surface area contributed by atoms with Gasteiger partial charge in [0.05, 0.1) is 23.1 Å². The Labute approximate surface area is 185 Å². The number of hydrogen-bond donors (Lipinski definition) is 4. The van der Waals surface area contributed by atoms with Crippen LogP contribution in [-0.2, 0) is 0 Å². The fourth-order valence-electron chi connectivity index (χ4n) is 2.91. The lowest BCUT2D eigenvalue weighted by atomic mass is 10.1. The van der Waals surface area contributed by atoms with Gasteiger partial charge in [-0.25, -0.2) is 4.79 Å². The molecular formula is C22H26N6O2S. The highest BCUT2D eigenvalue weighted by Crippen LogP contribution is 2.20. The van der Waals surface area contributed by atoms with E-state index >= 15 is 0 Å². The van der Waals surface area contributed by atoms with E-state index < -0.39 is 0 Å². The molecule has 2 aromatic heterocycles. The Balaban J connectivity index is 1.69. The molecule has 5 N–H and O–H groups in total. The van der Waals surface area contributed by atoms with Crippen LogP contribution in [0.3, 0.4) is 0 Å². The fourth-order valence-corrected chi connectivity index (χ4v) is 3.50. The molecule has 8 nitrogen and oxygen atoms in total. The molecule has 162 valence electrons. The molecule has 1 unspecified atom stereocenters. The van der Waals surface area contributed by atoms with Crippen LogP contribution in [0.15, 0.2) is 59.4 Å². The Bertz CT molecular complexity index is 1010. The molecular weight excluding hydrogens is 412 g/mol. The number of amides is 3. The van der Waals surface area contributed by atoms with Gasteiger partial charge in [0.1, 0.15) is 5.69 Å². The van der Waals surface area contributed by atoms with Crippen molar-refractivity contribution >= 4 is 40.3 Å². The summed E-state index contributed by atoms with van der Waals surface area (Å²) in [5.74, 6) is -0.350. The first-order chi connectivity index (χ1) is 14.9. The number of thiophene rings is 1. The van der Waals surface area contributed by atoms with Crippen molar-refractivity contribution < 1.29 is 9.59 Å². The molecule has 0 spiro atoms. The second kappa shape index (κ2) is 10.6. The van der Waals surface area contributed by atoms with Crippen LogP contribution in [-0.4, -0.2) is 42.5 Å². The highest BCUT2D eigenvalue weighted by Gasteiger charge is 2.17. The maximum atomic E-state index is 12.5. The molecule has 0 fully saturated rings. The van der Waals surface area contributed by atoms with Gasteiger partial charge in [-0.1, -0.05) is 18.2 Å². The van der Waals surface area contributed by atoms with E-state index in [1.54, 1.807) is 36.5 Å². The number of anilines is 3. The van der Waals surface area contributed by atoms with Gasteiger partial charge in [0.25, 0.3) is 5.91 Å². The second-order valence-corrected chi connectivity index (χ2v) is 8.05. The molecule has 31 heavy (non-hydrogen) atoms. The van der Waals surface area contributed by atoms with Crippen molar-refractivity contribution in [2.75, 3.05) is 37.0 Å². The molecule has 0 bridgehead atoms. The Morgan fingerprint density at radius 3 is 2.58 bits per heavy atom. The molecule has 3 rings (SSSR count). The Morgan fingerprint density at radius 2 is 1.94 bits per heavy atom. The highest BCUT2D eigenvalue weighted by molar-refractivity contribution is 7.08. The van der Waals surface area contributed by atoms with E-state index in [0.29, 0.717) is 17.8 Å². The van der Waals surface area contributed by atoms with Gasteiger partial charge in [-0.2, -0.15) is 11.3 Å². The van der Waals surface area contributed by atoms with Crippen molar-refractivity contribution in [1.29, 1.82) is 0 Å². The van der Waals surface area contributed by atoms with E-state index in [-0.39, 0.29) is 23.7 Å². The van der Waals surface area contributed by atoms with Gasteiger partial charge in [0.2, 0.25) is 0 Å². The lowest BCUT2D eigenvalue weighted by molar-refractivity contribution is 0.102. The molecule has 1 atom stereocenters. The zero-order valence-electron chi connectivity index (χ0n) is 17.5. The molecule has 9 heteroatoms. The highest BCUT2D eigenvalue weighted by atomic mass is 32.1. The summed E-state index contributed by atoms with van der Waals surface area (Å²) in [6.45, 7) is 0.777. The van der Waals surface area contributed by atoms with Crippen molar-refractivity contribution in [3.05, 3.63) is 70.7 Å². The van der Waals surface area contributed by atoms with Crippen LogP contribution < -0.4 is 21.7 Å². The van der Waals surface area contributed by atoms with Gasteiger partial charge in [0, 0.05) is 11.6 Å². The van der Waals surface area contributed by atoms with Crippen molar-refractivity contribution in [2.45, 2.75) is 12.5 Å². The van der Waals surface area contributed by atoms with Gasteiger partial charge in [0.15, 0.2) is 0 Å². The van der Waals surface area contributed by atoms with Crippen molar-refractivity contribution in [3.8, 4) is 0 Å². The van der Waals surface area contributed by atoms with Crippen molar-refractivity contribution in [1.82, 2.24) is 15.2 Å². The zero-order chi connectivity index (χ0) is 22.2. The van der Waals surface area contributed by atoms with Crippen molar-refractivity contribution in [2.24, 2.45) is 0 Å². The average Bonchev–Trinajstić information content (AvgIpc) is 3.25. The molecule has 0 saturated heterocycles. The third-order valence-corrected chi connectivity index (χ3v) is 5.26. The molecule has 0 radical (unpaired) electrons. The minimum Gasteiger partial charge on any atom is -0.397 e. The normalized spacial score (nSPS) is 11.7. The second-order valence-electron chi connectivity index (χ2n) is 7.27. The number of urea groups is 1. The number of carbonyl (C=O) groups excluding carboxylic acids is 2. The first-order valence-corrected chi connectivity index (χ1v) is 10.7. The summed E-state index contributed by atoms with van der Waals surface area (Å²) >= 11 is 1.51. The smallest absolute Gasteiger partial charge is 0.319 e. The fraction of sp³-hybridized carbons (Fsp3) is 0.227. The van der Waals surface area contributed by atoms with E-state index in [1.807, 2.05) is 41.9 Å². The standard InChI is InChI=1S/C22H26N6O2S/c1-28(2)11-9-18(27-22(30)25-16-10-12-31-14-16)15-7-8-20(24-13-15)21(29)26-19-6-4-3-5-17(19)23/h3-8,10,12-14,18H,9,11,23H2,1-2H3,(H,26,29)(H2,25,27,30). The zero-order valence-corrected chi connectivity index (χ0v) is 18.3. The maximum absolute atomic E-state index is 12.5. The third-order valence-electron chi connectivity index (χ3n) is 4.58. The largest absolute Gasteiger partial charge is 0.397 e. The average molecular weight is 439 g/mol. The Kier molecular flexibility index (Phi) is 7.58. The topological polar surface area (TPSA) is 112 Å². The third kappa shape index (κ3) is 6.53. The van der Waals surface area contributed by atoms with Gasteiger partial charge in [-0.15, -0.1) is 0 Å². The van der Waals surface area contributed by atoms with Crippen molar-refractivity contribution in [3.63, 3.8) is 0 Å². The number of nitrogen functional groups attached to an aromatic ring is 1. The number of carbonyl (C=O) groups is 2. The van der Waals surface area contributed by atoms with Gasteiger partial charge < -0.3 is 26.6 Å². The molecule has 0 saturated carbocycles. The number of pyridine rings is 1. The maximum Gasteiger partial charge on any atom is 0.319 e. The minimum atomic E-state index is -0.350. The number of para-hydroxylation sites is 2. The van der Waals surface area contributed by atoms with Crippen LogP contribution in [0.25, 0.3) is 0 Å². The predicted molar refractivity (Wildman–Crippen MR) is 125 cm³/mol. The lowest BCUT2D eigenvalue weighted by Crippen LogP contribution is -2.34.